The molecule has 0 unspecified atom stereocenters. The summed E-state index contributed by atoms with van der Waals surface area (Å²) in [5, 5.41) is 4.54. The number of rotatable bonds is 5. The summed E-state index contributed by atoms with van der Waals surface area (Å²) in [7, 11) is 1.53. The van der Waals surface area contributed by atoms with E-state index in [1.54, 1.807) is 37.3 Å². The molecule has 5 nitrogen and oxygen atoms in total. The van der Waals surface area contributed by atoms with Crippen molar-refractivity contribution in [2.24, 2.45) is 0 Å². The predicted molar refractivity (Wildman–Crippen MR) is 101 cm³/mol. The van der Waals surface area contributed by atoms with E-state index in [1.807, 2.05) is 30.3 Å². The normalized spacial score (nSPS) is 10.4. The number of hydrogen-bond acceptors (Lipinski definition) is 4. The van der Waals surface area contributed by atoms with Crippen LogP contribution in [0.1, 0.15) is 27.6 Å². The zero-order valence-corrected chi connectivity index (χ0v) is 14.6. The van der Waals surface area contributed by atoms with E-state index in [9.17, 15) is 9.59 Å². The molecule has 26 heavy (non-hydrogen) atoms. The molecule has 0 aliphatic rings. The lowest BCUT2D eigenvalue weighted by molar-refractivity contribution is 0.0523. The third kappa shape index (κ3) is 3.52. The summed E-state index contributed by atoms with van der Waals surface area (Å²) in [4.78, 5) is 25.2. The number of para-hydroxylation sites is 2. The molecule has 0 saturated heterocycles. The molecule has 0 aliphatic heterocycles. The Morgan fingerprint density at radius 1 is 0.923 bits per heavy atom. The van der Waals surface area contributed by atoms with Crippen molar-refractivity contribution in [1.82, 2.24) is 0 Å². The molecule has 0 aliphatic carbocycles. The lowest BCUT2D eigenvalue weighted by Crippen LogP contribution is -2.18. The Labute approximate surface area is 151 Å². The van der Waals surface area contributed by atoms with E-state index in [2.05, 4.69) is 5.32 Å². The molecule has 0 atom stereocenters. The minimum absolute atomic E-state index is 0.234. The quantitative estimate of drug-likeness (QED) is 0.698. The zero-order chi connectivity index (χ0) is 18.5. The summed E-state index contributed by atoms with van der Waals surface area (Å²) in [6, 6.07) is 18.0. The summed E-state index contributed by atoms with van der Waals surface area (Å²) < 4.78 is 10.4. The third-order valence-electron chi connectivity index (χ3n) is 3.98. The number of anilines is 1. The van der Waals surface area contributed by atoms with Gasteiger partial charge in [0.25, 0.3) is 5.91 Å². The summed E-state index contributed by atoms with van der Waals surface area (Å²) in [5.74, 6) is -0.383. The van der Waals surface area contributed by atoms with Crippen LogP contribution in [0, 0.1) is 0 Å². The van der Waals surface area contributed by atoms with Gasteiger partial charge in [0.2, 0.25) is 0 Å². The molecule has 0 saturated carbocycles. The van der Waals surface area contributed by atoms with Crippen LogP contribution in [0.15, 0.2) is 60.7 Å². The van der Waals surface area contributed by atoms with Gasteiger partial charge in [-0.1, -0.05) is 36.4 Å². The highest BCUT2D eigenvalue weighted by Gasteiger charge is 2.20. The van der Waals surface area contributed by atoms with Gasteiger partial charge in [0.05, 0.1) is 30.5 Å². The molecule has 1 amide bonds. The van der Waals surface area contributed by atoms with Gasteiger partial charge in [-0.05, 0) is 42.0 Å². The van der Waals surface area contributed by atoms with Gasteiger partial charge in [-0.2, -0.15) is 0 Å². The fourth-order valence-corrected chi connectivity index (χ4v) is 2.74. The first-order valence-corrected chi connectivity index (χ1v) is 8.28. The number of hydrogen-bond donors (Lipinski definition) is 1. The number of fused-ring (bicyclic) bond motifs is 1. The Bertz CT molecular complexity index is 965. The summed E-state index contributed by atoms with van der Waals surface area (Å²) >= 11 is 0. The maximum atomic E-state index is 12.9. The number of amides is 1. The van der Waals surface area contributed by atoms with Crippen molar-refractivity contribution < 1.29 is 19.1 Å². The number of carbonyl (C=O) groups is 2. The zero-order valence-electron chi connectivity index (χ0n) is 14.6. The van der Waals surface area contributed by atoms with Gasteiger partial charge in [-0.25, -0.2) is 4.79 Å². The van der Waals surface area contributed by atoms with Crippen LogP contribution in [-0.2, 0) is 4.74 Å². The number of benzene rings is 3. The molecule has 0 radical (unpaired) electrons. The Hall–Kier alpha value is -3.34. The van der Waals surface area contributed by atoms with Gasteiger partial charge in [0.15, 0.2) is 0 Å². The molecular weight excluding hydrogens is 330 g/mol. The molecule has 3 aromatic rings. The molecule has 1 N–H and O–H groups in total. The SMILES string of the molecule is CCOC(=O)c1cc2ccccc2cc1C(=O)Nc1ccccc1OC. The molecule has 0 aromatic heterocycles. The van der Waals surface area contributed by atoms with Crippen LogP contribution in [0.4, 0.5) is 5.69 Å². The van der Waals surface area contributed by atoms with Crippen LogP contribution in [0.5, 0.6) is 5.75 Å². The monoisotopic (exact) mass is 349 g/mol. The first-order valence-electron chi connectivity index (χ1n) is 8.28. The number of esters is 1. The Kier molecular flexibility index (Phi) is 5.17. The van der Waals surface area contributed by atoms with Crippen LogP contribution < -0.4 is 10.1 Å². The summed E-state index contributed by atoms with van der Waals surface area (Å²) in [6.07, 6.45) is 0. The van der Waals surface area contributed by atoms with E-state index in [0.29, 0.717) is 11.4 Å². The van der Waals surface area contributed by atoms with Crippen molar-refractivity contribution >= 4 is 28.3 Å². The average molecular weight is 349 g/mol. The minimum Gasteiger partial charge on any atom is -0.495 e. The van der Waals surface area contributed by atoms with Crippen molar-refractivity contribution in [3.8, 4) is 5.75 Å². The van der Waals surface area contributed by atoms with Crippen LogP contribution in [0.2, 0.25) is 0 Å². The first-order chi connectivity index (χ1) is 12.6. The minimum atomic E-state index is -0.525. The smallest absolute Gasteiger partial charge is 0.338 e. The fraction of sp³-hybridized carbons (Fsp3) is 0.143. The van der Waals surface area contributed by atoms with E-state index in [-0.39, 0.29) is 17.7 Å². The van der Waals surface area contributed by atoms with Gasteiger partial charge >= 0.3 is 5.97 Å². The topological polar surface area (TPSA) is 64.6 Å². The summed E-state index contributed by atoms with van der Waals surface area (Å²) in [6.45, 7) is 1.97. The Morgan fingerprint density at radius 3 is 2.19 bits per heavy atom. The number of ether oxygens (including phenoxy) is 2. The maximum absolute atomic E-state index is 12.9. The van der Waals surface area contributed by atoms with Gasteiger partial charge in [0.1, 0.15) is 5.75 Å². The lowest BCUT2D eigenvalue weighted by Gasteiger charge is -2.13. The van der Waals surface area contributed by atoms with Crippen LogP contribution >= 0.6 is 0 Å². The Balaban J connectivity index is 2.05. The van der Waals surface area contributed by atoms with Crippen LogP contribution in [0.25, 0.3) is 10.8 Å². The van der Waals surface area contributed by atoms with Crippen molar-refractivity contribution in [1.29, 1.82) is 0 Å². The molecule has 3 rings (SSSR count). The number of carbonyl (C=O) groups excluding carboxylic acids is 2. The molecule has 5 heteroatoms. The van der Waals surface area contributed by atoms with E-state index >= 15 is 0 Å². The van der Waals surface area contributed by atoms with E-state index in [4.69, 9.17) is 9.47 Å². The highest BCUT2D eigenvalue weighted by atomic mass is 16.5. The van der Waals surface area contributed by atoms with Crippen molar-refractivity contribution in [3.05, 3.63) is 71.8 Å². The second-order valence-electron chi connectivity index (χ2n) is 5.62. The first kappa shape index (κ1) is 17.5. The number of nitrogens with one attached hydrogen (secondary N) is 1. The van der Waals surface area contributed by atoms with Crippen molar-refractivity contribution in [3.63, 3.8) is 0 Å². The van der Waals surface area contributed by atoms with Gasteiger partial charge < -0.3 is 14.8 Å². The van der Waals surface area contributed by atoms with E-state index < -0.39 is 11.9 Å². The predicted octanol–water partition coefficient (Wildman–Crippen LogP) is 4.28. The maximum Gasteiger partial charge on any atom is 0.338 e. The second-order valence-corrected chi connectivity index (χ2v) is 5.62. The molecule has 3 aromatic carbocycles. The molecule has 0 spiro atoms. The molecule has 0 fully saturated rings. The molecule has 0 bridgehead atoms. The van der Waals surface area contributed by atoms with E-state index in [1.165, 1.54) is 7.11 Å². The van der Waals surface area contributed by atoms with Gasteiger partial charge in [-0.3, -0.25) is 4.79 Å². The molecular formula is C21H19NO4. The molecule has 132 valence electrons. The standard InChI is InChI=1S/C21H19NO4/c1-3-26-21(24)17-13-15-9-5-4-8-14(15)12-16(17)20(23)22-18-10-6-7-11-19(18)25-2/h4-13H,3H2,1-2H3,(H,22,23). The van der Waals surface area contributed by atoms with Gasteiger partial charge in [0, 0.05) is 0 Å². The second kappa shape index (κ2) is 7.70. The largest absolute Gasteiger partial charge is 0.495 e. The number of methoxy groups -OCH3 is 1. The fourth-order valence-electron chi connectivity index (χ4n) is 2.74. The van der Waals surface area contributed by atoms with Crippen LogP contribution in [-0.4, -0.2) is 25.6 Å². The lowest BCUT2D eigenvalue weighted by atomic mass is 10.00. The third-order valence-corrected chi connectivity index (χ3v) is 3.98. The summed E-state index contributed by atoms with van der Waals surface area (Å²) in [5.41, 5.74) is 1.02. The van der Waals surface area contributed by atoms with Crippen LogP contribution in [0.3, 0.4) is 0 Å². The average Bonchev–Trinajstić information content (AvgIpc) is 2.67. The Morgan fingerprint density at radius 2 is 1.54 bits per heavy atom. The van der Waals surface area contributed by atoms with Gasteiger partial charge in [-0.15, -0.1) is 0 Å². The van der Waals surface area contributed by atoms with Crippen molar-refractivity contribution in [2.75, 3.05) is 19.0 Å². The molecule has 0 heterocycles. The highest BCUT2D eigenvalue weighted by Crippen LogP contribution is 2.26. The highest BCUT2D eigenvalue weighted by molar-refractivity contribution is 6.14. The van der Waals surface area contributed by atoms with Crippen molar-refractivity contribution in [2.45, 2.75) is 6.92 Å². The van der Waals surface area contributed by atoms with E-state index in [0.717, 1.165) is 10.8 Å².